The molecule has 0 aromatic heterocycles. The molecule has 0 aliphatic heterocycles. The zero-order valence-corrected chi connectivity index (χ0v) is 29.3. The Kier molecular flexibility index (Phi) is 37.8. The molecule has 268 valence electrons. The highest BCUT2D eigenvalue weighted by Gasteiger charge is 2.04. The predicted octanol–water partition coefficient (Wildman–Crippen LogP) is 8.00. The van der Waals surface area contributed by atoms with Gasteiger partial charge in [0.2, 0.25) is 0 Å². The van der Waals surface area contributed by atoms with Crippen LogP contribution in [0.4, 0.5) is 0 Å². The molecule has 0 rings (SSSR count). The highest BCUT2D eigenvalue weighted by Crippen LogP contribution is 2.12. The Hall–Kier alpha value is -1.26. The number of carbonyl (C=O) groups is 2. The third-order valence-corrected chi connectivity index (χ3v) is 7.44. The van der Waals surface area contributed by atoms with Gasteiger partial charge >= 0.3 is 11.9 Å². The van der Waals surface area contributed by atoms with Crippen molar-refractivity contribution in [2.45, 2.75) is 142 Å². The molecule has 0 bridgehead atoms. The Morgan fingerprint density at radius 3 is 0.800 bits per heavy atom. The first-order valence-corrected chi connectivity index (χ1v) is 18.4. The van der Waals surface area contributed by atoms with E-state index in [-0.39, 0.29) is 25.2 Å². The lowest BCUT2D eigenvalue weighted by molar-refractivity contribution is -0.146. The molecule has 0 aliphatic rings. The summed E-state index contributed by atoms with van der Waals surface area (Å²) in [5.41, 5.74) is 0. The van der Waals surface area contributed by atoms with Crippen LogP contribution in [0.25, 0.3) is 0 Å². The van der Waals surface area contributed by atoms with Crippen LogP contribution in [0.15, 0.2) is 0 Å². The van der Waals surface area contributed by atoms with Crippen molar-refractivity contribution in [2.24, 2.45) is 0 Å². The normalized spacial score (nSPS) is 11.2. The Bertz CT molecular complexity index is 553. The van der Waals surface area contributed by atoms with Crippen LogP contribution in [0.1, 0.15) is 142 Å². The predicted molar refractivity (Wildman–Crippen MR) is 180 cm³/mol. The number of esters is 2. The third-order valence-electron chi connectivity index (χ3n) is 7.44. The molecule has 0 radical (unpaired) electrons. The van der Waals surface area contributed by atoms with E-state index in [4.69, 9.17) is 33.2 Å². The number of rotatable bonds is 38. The fourth-order valence-corrected chi connectivity index (χ4v) is 4.71. The van der Waals surface area contributed by atoms with Crippen LogP contribution in [0.2, 0.25) is 0 Å². The van der Waals surface area contributed by atoms with Gasteiger partial charge in [0.05, 0.1) is 66.1 Å². The van der Waals surface area contributed by atoms with Gasteiger partial charge in [0, 0.05) is 12.8 Å². The van der Waals surface area contributed by atoms with Gasteiger partial charge in [-0.25, -0.2) is 0 Å². The van der Waals surface area contributed by atoms with Gasteiger partial charge in [-0.15, -0.1) is 0 Å². The summed E-state index contributed by atoms with van der Waals surface area (Å²) in [6, 6.07) is 0. The standard InChI is InChI=1S/C36H70O9/c1-3-5-7-9-11-13-15-17-19-21-35(37)44-33-31-42-29-27-40-25-23-39-24-26-41-28-30-43-32-34-45-36(38)22-20-18-16-14-12-10-8-6-4-2/h3-34H2,1-2H3. The first kappa shape index (κ1) is 43.7. The number of unbranched alkanes of at least 4 members (excludes halogenated alkanes) is 16. The topological polar surface area (TPSA) is 98.8 Å². The van der Waals surface area contributed by atoms with Crippen molar-refractivity contribution in [2.75, 3.05) is 79.3 Å². The van der Waals surface area contributed by atoms with Crippen molar-refractivity contribution >= 4 is 11.9 Å². The second kappa shape index (κ2) is 38.9. The van der Waals surface area contributed by atoms with Gasteiger partial charge in [-0.3, -0.25) is 9.59 Å². The largest absolute Gasteiger partial charge is 0.463 e. The molecule has 0 aromatic carbocycles. The molecular formula is C36H70O9. The Labute approximate surface area is 276 Å². The van der Waals surface area contributed by atoms with Gasteiger partial charge < -0.3 is 33.2 Å². The highest BCUT2D eigenvalue weighted by molar-refractivity contribution is 5.69. The van der Waals surface area contributed by atoms with Crippen molar-refractivity contribution in [1.29, 1.82) is 0 Å². The summed E-state index contributed by atoms with van der Waals surface area (Å²) in [7, 11) is 0. The van der Waals surface area contributed by atoms with Crippen LogP contribution in [0, 0.1) is 0 Å². The van der Waals surface area contributed by atoms with E-state index in [2.05, 4.69) is 13.8 Å². The molecule has 0 aromatic rings. The SMILES string of the molecule is CCCCCCCCCCCC(=O)OCCOCCOCCOCCOCCOCCOC(=O)CCCCCCCCCCC. The van der Waals surface area contributed by atoms with E-state index in [1.165, 1.54) is 89.9 Å². The second-order valence-electron chi connectivity index (χ2n) is 11.7. The van der Waals surface area contributed by atoms with Crippen molar-refractivity contribution < 1.29 is 42.7 Å². The monoisotopic (exact) mass is 647 g/mol. The summed E-state index contributed by atoms with van der Waals surface area (Å²) in [5, 5.41) is 0. The van der Waals surface area contributed by atoms with Gasteiger partial charge in [0.25, 0.3) is 0 Å². The van der Waals surface area contributed by atoms with Crippen LogP contribution in [-0.4, -0.2) is 91.2 Å². The lowest BCUT2D eigenvalue weighted by Gasteiger charge is -2.09. The van der Waals surface area contributed by atoms with Crippen LogP contribution in [-0.2, 0) is 42.7 Å². The molecule has 0 unspecified atom stereocenters. The van der Waals surface area contributed by atoms with Gasteiger partial charge in [-0.2, -0.15) is 0 Å². The third kappa shape index (κ3) is 38.8. The van der Waals surface area contributed by atoms with E-state index in [0.29, 0.717) is 78.9 Å². The first-order valence-electron chi connectivity index (χ1n) is 18.4. The van der Waals surface area contributed by atoms with Gasteiger partial charge in [-0.1, -0.05) is 117 Å². The maximum atomic E-state index is 11.8. The minimum Gasteiger partial charge on any atom is -0.463 e. The lowest BCUT2D eigenvalue weighted by atomic mass is 10.1. The molecular weight excluding hydrogens is 576 g/mol. The molecule has 9 nitrogen and oxygen atoms in total. The number of hydrogen-bond acceptors (Lipinski definition) is 9. The minimum absolute atomic E-state index is 0.135. The van der Waals surface area contributed by atoms with Crippen LogP contribution >= 0.6 is 0 Å². The Morgan fingerprint density at radius 1 is 0.311 bits per heavy atom. The molecule has 0 spiro atoms. The molecule has 0 heterocycles. The van der Waals surface area contributed by atoms with Crippen LogP contribution in [0.3, 0.4) is 0 Å². The minimum atomic E-state index is -0.135. The smallest absolute Gasteiger partial charge is 0.305 e. The van der Waals surface area contributed by atoms with E-state index in [1.807, 2.05) is 0 Å². The average Bonchev–Trinajstić information content (AvgIpc) is 3.04. The quantitative estimate of drug-likeness (QED) is 0.0488. The average molecular weight is 647 g/mol. The summed E-state index contributed by atoms with van der Waals surface area (Å²) in [6.45, 7) is 9.62. The number of ether oxygens (including phenoxy) is 7. The van der Waals surface area contributed by atoms with Crippen molar-refractivity contribution in [3.63, 3.8) is 0 Å². The fraction of sp³-hybridized carbons (Fsp3) is 0.944. The molecule has 0 aliphatic carbocycles. The fourth-order valence-electron chi connectivity index (χ4n) is 4.71. The number of carbonyl (C=O) groups excluding carboxylic acids is 2. The van der Waals surface area contributed by atoms with E-state index in [0.717, 1.165) is 25.7 Å². The first-order chi connectivity index (χ1) is 22.2. The van der Waals surface area contributed by atoms with Crippen molar-refractivity contribution in [1.82, 2.24) is 0 Å². The van der Waals surface area contributed by atoms with E-state index >= 15 is 0 Å². The van der Waals surface area contributed by atoms with Gasteiger partial charge in [-0.05, 0) is 12.8 Å². The Balaban J connectivity index is 3.18. The van der Waals surface area contributed by atoms with Crippen LogP contribution in [0.5, 0.6) is 0 Å². The zero-order valence-electron chi connectivity index (χ0n) is 29.3. The molecule has 45 heavy (non-hydrogen) atoms. The number of hydrogen-bond donors (Lipinski definition) is 0. The second-order valence-corrected chi connectivity index (χ2v) is 11.7. The van der Waals surface area contributed by atoms with E-state index in [1.54, 1.807) is 0 Å². The van der Waals surface area contributed by atoms with E-state index in [9.17, 15) is 9.59 Å². The highest BCUT2D eigenvalue weighted by atomic mass is 16.6. The molecule has 0 N–H and O–H groups in total. The summed E-state index contributed by atoms with van der Waals surface area (Å²) in [6.07, 6.45) is 23.2. The van der Waals surface area contributed by atoms with Crippen molar-refractivity contribution in [3.8, 4) is 0 Å². The molecule has 0 amide bonds. The summed E-state index contributed by atoms with van der Waals surface area (Å²) in [4.78, 5) is 23.5. The molecule has 0 saturated heterocycles. The molecule has 0 atom stereocenters. The molecule has 0 saturated carbocycles. The van der Waals surface area contributed by atoms with Gasteiger partial charge in [0.1, 0.15) is 13.2 Å². The van der Waals surface area contributed by atoms with Crippen LogP contribution < -0.4 is 0 Å². The zero-order chi connectivity index (χ0) is 32.7. The summed E-state index contributed by atoms with van der Waals surface area (Å²) >= 11 is 0. The van der Waals surface area contributed by atoms with Crippen molar-refractivity contribution in [3.05, 3.63) is 0 Å². The van der Waals surface area contributed by atoms with Gasteiger partial charge in [0.15, 0.2) is 0 Å². The molecule has 0 fully saturated rings. The Morgan fingerprint density at radius 2 is 0.533 bits per heavy atom. The van der Waals surface area contributed by atoms with E-state index < -0.39 is 0 Å². The maximum absolute atomic E-state index is 11.8. The molecule has 9 heteroatoms. The summed E-state index contributed by atoms with van der Waals surface area (Å²) < 4.78 is 37.7. The maximum Gasteiger partial charge on any atom is 0.305 e. The summed E-state index contributed by atoms with van der Waals surface area (Å²) in [5.74, 6) is -0.271. The lowest BCUT2D eigenvalue weighted by Crippen LogP contribution is -2.15.